The van der Waals surface area contributed by atoms with Crippen molar-refractivity contribution in [3.63, 3.8) is 0 Å². The molecule has 0 saturated carbocycles. The van der Waals surface area contributed by atoms with Gasteiger partial charge in [-0.2, -0.15) is 5.10 Å². The summed E-state index contributed by atoms with van der Waals surface area (Å²) in [5.41, 5.74) is 4.70. The number of nitrogens with one attached hydrogen (secondary N) is 2. The summed E-state index contributed by atoms with van der Waals surface area (Å²) < 4.78 is 1.74. The minimum absolute atomic E-state index is 0. The van der Waals surface area contributed by atoms with Gasteiger partial charge in [0, 0.05) is 20.1 Å². The second-order valence-corrected chi connectivity index (χ2v) is 5.71. The van der Waals surface area contributed by atoms with Crippen molar-refractivity contribution in [2.75, 3.05) is 7.05 Å². The van der Waals surface area contributed by atoms with Crippen LogP contribution in [0, 0.1) is 6.92 Å². The second kappa shape index (κ2) is 9.91. The molecular formula is C19H23IN6. The molecule has 0 aliphatic heterocycles. The van der Waals surface area contributed by atoms with Crippen LogP contribution in [-0.2, 0) is 13.1 Å². The Balaban J connectivity index is 0.00000243. The van der Waals surface area contributed by atoms with Gasteiger partial charge in [0.15, 0.2) is 5.96 Å². The third-order valence-corrected chi connectivity index (χ3v) is 4.01. The molecule has 0 atom stereocenters. The maximum absolute atomic E-state index is 4.28. The summed E-state index contributed by atoms with van der Waals surface area (Å²) in [5.74, 6) is 0.781. The van der Waals surface area contributed by atoms with E-state index in [2.05, 4.69) is 69.0 Å². The van der Waals surface area contributed by atoms with Gasteiger partial charge in [-0.05, 0) is 35.7 Å². The van der Waals surface area contributed by atoms with E-state index in [-0.39, 0.29) is 24.0 Å². The number of nitrogens with zero attached hydrogens (tertiary/aromatic N) is 4. The first kappa shape index (κ1) is 19.9. The summed E-state index contributed by atoms with van der Waals surface area (Å²) in [6, 6.07) is 16.5. The first-order chi connectivity index (χ1) is 12.3. The standard InChI is InChI=1S/C19H22N6.HI/c1-15-5-3-4-6-17(15)12-23-19(20-2)22-11-16-7-9-18(10-8-16)25-14-21-13-24-25;/h3-10,13-14H,11-12H2,1-2H3,(H2,20,22,23);1H. The van der Waals surface area contributed by atoms with Crippen LogP contribution in [0.4, 0.5) is 0 Å². The van der Waals surface area contributed by atoms with Gasteiger partial charge < -0.3 is 10.6 Å². The lowest BCUT2D eigenvalue weighted by atomic mass is 10.1. The maximum Gasteiger partial charge on any atom is 0.191 e. The highest BCUT2D eigenvalue weighted by molar-refractivity contribution is 14.0. The Morgan fingerprint density at radius 2 is 1.77 bits per heavy atom. The van der Waals surface area contributed by atoms with Crippen molar-refractivity contribution in [1.82, 2.24) is 25.4 Å². The topological polar surface area (TPSA) is 67.1 Å². The van der Waals surface area contributed by atoms with Crippen LogP contribution in [0.3, 0.4) is 0 Å². The Bertz CT molecular complexity index is 828. The highest BCUT2D eigenvalue weighted by atomic mass is 127. The summed E-state index contributed by atoms with van der Waals surface area (Å²) in [6.45, 7) is 3.56. The first-order valence-corrected chi connectivity index (χ1v) is 8.19. The SMILES string of the molecule is CN=C(NCc1ccc(-n2cncn2)cc1)NCc1ccccc1C.I. The third kappa shape index (κ3) is 5.29. The van der Waals surface area contributed by atoms with Gasteiger partial charge in [0.05, 0.1) is 5.69 Å². The van der Waals surface area contributed by atoms with Crippen LogP contribution in [-0.4, -0.2) is 27.8 Å². The van der Waals surface area contributed by atoms with Crippen molar-refractivity contribution in [2.45, 2.75) is 20.0 Å². The van der Waals surface area contributed by atoms with Gasteiger partial charge in [-0.25, -0.2) is 9.67 Å². The molecule has 0 fully saturated rings. The van der Waals surface area contributed by atoms with Crippen LogP contribution < -0.4 is 10.6 Å². The summed E-state index contributed by atoms with van der Waals surface area (Å²) in [5, 5.41) is 10.8. The fraction of sp³-hybridized carbons (Fsp3) is 0.211. The molecule has 1 aromatic heterocycles. The first-order valence-electron chi connectivity index (χ1n) is 8.19. The number of rotatable bonds is 5. The fourth-order valence-electron chi connectivity index (χ4n) is 2.50. The number of hydrogen-bond donors (Lipinski definition) is 2. The zero-order valence-corrected chi connectivity index (χ0v) is 17.2. The molecule has 2 N–H and O–H groups in total. The highest BCUT2D eigenvalue weighted by Crippen LogP contribution is 2.08. The number of aryl methyl sites for hydroxylation is 1. The molecule has 0 aliphatic rings. The van der Waals surface area contributed by atoms with E-state index in [1.807, 2.05) is 12.1 Å². The summed E-state index contributed by atoms with van der Waals surface area (Å²) >= 11 is 0. The zero-order chi connectivity index (χ0) is 17.5. The molecule has 0 amide bonds. The van der Waals surface area contributed by atoms with Crippen molar-refractivity contribution >= 4 is 29.9 Å². The summed E-state index contributed by atoms with van der Waals surface area (Å²) in [6.07, 6.45) is 3.21. The van der Waals surface area contributed by atoms with E-state index in [0.717, 1.165) is 18.2 Å². The Kier molecular flexibility index (Phi) is 7.58. The number of guanidine groups is 1. The average molecular weight is 462 g/mol. The van der Waals surface area contributed by atoms with E-state index in [1.165, 1.54) is 23.0 Å². The smallest absolute Gasteiger partial charge is 0.191 e. The minimum Gasteiger partial charge on any atom is -0.352 e. The molecule has 0 bridgehead atoms. The molecule has 136 valence electrons. The quantitative estimate of drug-likeness (QED) is 0.348. The summed E-state index contributed by atoms with van der Waals surface area (Å²) in [7, 11) is 1.78. The summed E-state index contributed by atoms with van der Waals surface area (Å²) in [4.78, 5) is 8.24. The van der Waals surface area contributed by atoms with Crippen molar-refractivity contribution in [3.8, 4) is 5.69 Å². The Labute approximate surface area is 170 Å². The van der Waals surface area contributed by atoms with E-state index < -0.39 is 0 Å². The number of aromatic nitrogens is 3. The van der Waals surface area contributed by atoms with E-state index in [4.69, 9.17) is 0 Å². The lowest BCUT2D eigenvalue weighted by Crippen LogP contribution is -2.36. The fourth-order valence-corrected chi connectivity index (χ4v) is 2.50. The van der Waals surface area contributed by atoms with Crippen LogP contribution in [0.25, 0.3) is 5.69 Å². The lowest BCUT2D eigenvalue weighted by Gasteiger charge is -2.13. The normalized spacial score (nSPS) is 10.9. The predicted molar refractivity (Wildman–Crippen MR) is 115 cm³/mol. The van der Waals surface area contributed by atoms with Gasteiger partial charge in [-0.1, -0.05) is 36.4 Å². The van der Waals surface area contributed by atoms with E-state index in [0.29, 0.717) is 6.54 Å². The van der Waals surface area contributed by atoms with Gasteiger partial charge in [0.1, 0.15) is 12.7 Å². The van der Waals surface area contributed by atoms with Crippen molar-refractivity contribution in [2.24, 2.45) is 4.99 Å². The molecule has 3 rings (SSSR count). The van der Waals surface area contributed by atoms with E-state index in [9.17, 15) is 0 Å². The van der Waals surface area contributed by atoms with Crippen LogP contribution >= 0.6 is 24.0 Å². The van der Waals surface area contributed by atoms with Gasteiger partial charge in [0.25, 0.3) is 0 Å². The molecule has 3 aromatic rings. The molecule has 6 nitrogen and oxygen atoms in total. The van der Waals surface area contributed by atoms with Gasteiger partial charge >= 0.3 is 0 Å². The minimum atomic E-state index is 0. The molecule has 7 heteroatoms. The molecule has 0 saturated heterocycles. The monoisotopic (exact) mass is 462 g/mol. The number of aliphatic imine (C=N–C) groups is 1. The number of benzene rings is 2. The van der Waals surface area contributed by atoms with Crippen molar-refractivity contribution in [3.05, 3.63) is 77.9 Å². The van der Waals surface area contributed by atoms with E-state index in [1.54, 1.807) is 18.1 Å². The second-order valence-electron chi connectivity index (χ2n) is 5.71. The van der Waals surface area contributed by atoms with Crippen LogP contribution in [0.15, 0.2) is 66.2 Å². The zero-order valence-electron chi connectivity index (χ0n) is 14.9. The van der Waals surface area contributed by atoms with Crippen molar-refractivity contribution in [1.29, 1.82) is 0 Å². The molecule has 0 aliphatic carbocycles. The average Bonchev–Trinajstić information content (AvgIpc) is 3.18. The largest absolute Gasteiger partial charge is 0.352 e. The maximum atomic E-state index is 4.28. The molecule has 0 spiro atoms. The molecule has 0 unspecified atom stereocenters. The van der Waals surface area contributed by atoms with Gasteiger partial charge in [-0.3, -0.25) is 4.99 Å². The molecular weight excluding hydrogens is 439 g/mol. The van der Waals surface area contributed by atoms with Crippen LogP contribution in [0.1, 0.15) is 16.7 Å². The van der Waals surface area contributed by atoms with Crippen molar-refractivity contribution < 1.29 is 0 Å². The predicted octanol–water partition coefficient (Wildman–Crippen LogP) is 3.06. The number of halogens is 1. The Morgan fingerprint density at radius 1 is 1.04 bits per heavy atom. The molecule has 0 radical (unpaired) electrons. The van der Waals surface area contributed by atoms with Gasteiger partial charge in [-0.15, -0.1) is 24.0 Å². The lowest BCUT2D eigenvalue weighted by molar-refractivity contribution is 0.805. The third-order valence-electron chi connectivity index (χ3n) is 4.01. The van der Waals surface area contributed by atoms with E-state index >= 15 is 0 Å². The molecule has 2 aromatic carbocycles. The highest BCUT2D eigenvalue weighted by Gasteiger charge is 2.02. The van der Waals surface area contributed by atoms with Gasteiger partial charge in [0.2, 0.25) is 0 Å². The van der Waals surface area contributed by atoms with Crippen LogP contribution in [0.5, 0.6) is 0 Å². The molecule has 1 heterocycles. The Hall–Kier alpha value is -2.42. The number of hydrogen-bond acceptors (Lipinski definition) is 3. The Morgan fingerprint density at radius 3 is 2.42 bits per heavy atom. The molecule has 26 heavy (non-hydrogen) atoms. The van der Waals surface area contributed by atoms with Crippen LogP contribution in [0.2, 0.25) is 0 Å².